The predicted molar refractivity (Wildman–Crippen MR) is 125 cm³/mol. The number of carbonyl (C=O) groups excluding carboxylic acids is 2. The molecular weight excluding hydrogens is 440 g/mol. The Bertz CT molecular complexity index is 1390. The van der Waals surface area contributed by atoms with Crippen molar-refractivity contribution in [1.82, 2.24) is 15.3 Å². The van der Waals surface area contributed by atoms with Gasteiger partial charge in [-0.25, -0.2) is 14.0 Å². The van der Waals surface area contributed by atoms with E-state index in [9.17, 15) is 13.8 Å². The highest BCUT2D eigenvalue weighted by atomic mass is 32.2. The maximum atomic E-state index is 13.4. The fourth-order valence-corrected chi connectivity index (χ4v) is 5.32. The number of fused-ring (bicyclic) bond motifs is 1. The van der Waals surface area contributed by atoms with Crippen molar-refractivity contribution in [2.24, 2.45) is 5.73 Å². The van der Waals surface area contributed by atoms with E-state index in [0.717, 1.165) is 5.56 Å². The van der Waals surface area contributed by atoms with Crippen molar-refractivity contribution in [3.05, 3.63) is 89.5 Å². The normalized spacial score (nSPS) is 14.3. The largest absolute Gasteiger partial charge is 0.366 e. The van der Waals surface area contributed by atoms with E-state index in [4.69, 9.17) is 10.5 Å². The van der Waals surface area contributed by atoms with Crippen LogP contribution in [0.2, 0.25) is 0 Å². The Labute approximate surface area is 191 Å². The number of carbonyl (C=O) groups is 2. The molecule has 3 aromatic rings. The highest BCUT2D eigenvalue weighted by molar-refractivity contribution is 7.93. The van der Waals surface area contributed by atoms with Crippen molar-refractivity contribution in [3.63, 3.8) is 0 Å². The summed E-state index contributed by atoms with van der Waals surface area (Å²) in [7, 11) is -1.80. The van der Waals surface area contributed by atoms with Gasteiger partial charge in [-0.05, 0) is 36.2 Å². The van der Waals surface area contributed by atoms with Gasteiger partial charge in [0.15, 0.2) is 9.92 Å². The van der Waals surface area contributed by atoms with E-state index in [1.54, 1.807) is 47.0 Å². The first-order chi connectivity index (χ1) is 15.7. The third kappa shape index (κ3) is 3.96. The van der Waals surface area contributed by atoms with Gasteiger partial charge in [0.05, 0.1) is 22.5 Å². The molecule has 0 saturated carbocycles. The van der Waals surface area contributed by atoms with Crippen molar-refractivity contribution in [1.29, 1.82) is 4.78 Å². The van der Waals surface area contributed by atoms with Gasteiger partial charge in [-0.3, -0.25) is 18.9 Å². The number of anilines is 1. The first-order valence-electron chi connectivity index (χ1n) is 10.1. The molecule has 9 nitrogen and oxygen atoms in total. The van der Waals surface area contributed by atoms with E-state index in [2.05, 4.69) is 21.9 Å². The Morgan fingerprint density at radius 2 is 1.88 bits per heavy atom. The number of nitrogens with zero attached hydrogens (tertiary/aromatic N) is 3. The lowest BCUT2D eigenvalue weighted by Crippen LogP contribution is -2.28. The second-order valence-electron chi connectivity index (χ2n) is 7.42. The summed E-state index contributed by atoms with van der Waals surface area (Å²) in [6, 6.07) is 11.4. The minimum atomic E-state index is -3.26. The zero-order valence-corrected chi connectivity index (χ0v) is 18.7. The van der Waals surface area contributed by atoms with Crippen LogP contribution in [0, 0.1) is 4.78 Å². The van der Waals surface area contributed by atoms with Crippen LogP contribution < -0.4 is 15.4 Å². The number of benzene rings is 1. The number of amides is 2. The topological polar surface area (TPSA) is 142 Å². The summed E-state index contributed by atoms with van der Waals surface area (Å²) in [5.74, 6) is -1.16. The van der Waals surface area contributed by atoms with Gasteiger partial charge >= 0.3 is 0 Å². The molecular formula is C23H22N6O3S. The molecule has 0 spiro atoms. The average Bonchev–Trinajstić information content (AvgIpc) is 3.28. The first-order valence-corrected chi connectivity index (χ1v) is 11.6. The van der Waals surface area contributed by atoms with E-state index in [0.29, 0.717) is 40.4 Å². The second kappa shape index (κ2) is 8.47. The summed E-state index contributed by atoms with van der Waals surface area (Å²) < 4.78 is 23.6. The molecule has 0 radical (unpaired) electrons. The molecule has 1 atom stereocenters. The van der Waals surface area contributed by atoms with Crippen LogP contribution in [0.4, 0.5) is 5.69 Å². The van der Waals surface area contributed by atoms with Gasteiger partial charge in [0, 0.05) is 36.5 Å². The van der Waals surface area contributed by atoms with Gasteiger partial charge in [-0.1, -0.05) is 24.8 Å². The number of rotatable bonds is 6. The quantitative estimate of drug-likeness (QED) is 0.515. The van der Waals surface area contributed by atoms with Gasteiger partial charge < -0.3 is 11.1 Å². The summed E-state index contributed by atoms with van der Waals surface area (Å²) in [6.07, 6.45) is 3.71. The molecule has 10 heteroatoms. The Kier molecular flexibility index (Phi) is 5.69. The molecule has 1 unspecified atom stereocenters. The van der Waals surface area contributed by atoms with E-state index in [1.165, 1.54) is 19.2 Å². The molecule has 3 heterocycles. The van der Waals surface area contributed by atoms with Gasteiger partial charge in [-0.15, -0.1) is 0 Å². The molecule has 1 aromatic carbocycles. The number of nitrogens with one attached hydrogen (secondary N) is 2. The number of hydrogen-bond donors (Lipinski definition) is 3. The zero-order valence-electron chi connectivity index (χ0n) is 17.9. The maximum absolute atomic E-state index is 13.4. The smallest absolute Gasteiger partial charge is 0.269 e. The summed E-state index contributed by atoms with van der Waals surface area (Å²) in [6.45, 7) is 4.49. The third-order valence-electron chi connectivity index (χ3n) is 5.45. The van der Waals surface area contributed by atoms with Crippen molar-refractivity contribution in [3.8, 4) is 0 Å². The molecule has 2 amide bonds. The molecule has 1 aliphatic rings. The number of pyridine rings is 2. The third-order valence-corrected chi connectivity index (χ3v) is 7.36. The van der Waals surface area contributed by atoms with Crippen molar-refractivity contribution >= 4 is 33.0 Å². The van der Waals surface area contributed by atoms with Crippen molar-refractivity contribution < 1.29 is 13.8 Å². The molecule has 33 heavy (non-hydrogen) atoms. The maximum Gasteiger partial charge on any atom is 0.269 e. The summed E-state index contributed by atoms with van der Waals surface area (Å²) in [4.78, 5) is 33.0. The summed E-state index contributed by atoms with van der Waals surface area (Å²) in [5, 5.41) is 2.48. The Morgan fingerprint density at radius 3 is 2.55 bits per heavy atom. The fraction of sp³-hybridized carbons (Fsp3) is 0.130. The standard InChI is InChI=1S/C23H22N6O3S/c1-14(19-10-15(22(24)30)11-20(28-19)23(31)26-2)18-12-27-13-21-17(18)8-9-29(21)33(25,32)16-6-4-3-5-7-16/h3-7,10-13,25H,1,8-9H2,2H3,(H2,24,30)(H,26,31). The lowest BCUT2D eigenvalue weighted by atomic mass is 9.97. The van der Waals surface area contributed by atoms with Gasteiger partial charge in [0.25, 0.3) is 5.91 Å². The SMILES string of the molecule is C=C(c1cc(C(N)=O)cc(C(=O)NC)n1)c1cncc2c1CCN2S(=N)(=O)c1ccccc1. The highest BCUT2D eigenvalue weighted by Crippen LogP contribution is 2.37. The van der Waals surface area contributed by atoms with Crippen LogP contribution in [0.3, 0.4) is 0 Å². The van der Waals surface area contributed by atoms with Crippen LogP contribution in [-0.2, 0) is 16.3 Å². The number of hydrogen-bond acceptors (Lipinski definition) is 6. The molecule has 168 valence electrons. The molecule has 0 fully saturated rings. The minimum Gasteiger partial charge on any atom is -0.366 e. The Balaban J connectivity index is 1.78. The number of nitrogens with two attached hydrogens (primary N) is 1. The van der Waals surface area contributed by atoms with Crippen LogP contribution in [0.5, 0.6) is 0 Å². The molecule has 4 rings (SSSR count). The molecule has 2 aromatic heterocycles. The highest BCUT2D eigenvalue weighted by Gasteiger charge is 2.31. The van der Waals surface area contributed by atoms with Crippen LogP contribution in [-0.4, -0.2) is 39.6 Å². The van der Waals surface area contributed by atoms with Gasteiger partial charge in [0.2, 0.25) is 5.91 Å². The fourth-order valence-electron chi connectivity index (χ4n) is 3.76. The van der Waals surface area contributed by atoms with Crippen LogP contribution in [0.15, 0.2) is 66.3 Å². The summed E-state index contributed by atoms with van der Waals surface area (Å²) in [5.41, 5.74) is 8.37. The minimum absolute atomic E-state index is 0.0327. The zero-order chi connectivity index (χ0) is 23.8. The number of aromatic nitrogens is 2. The molecule has 0 saturated heterocycles. The van der Waals surface area contributed by atoms with E-state index in [-0.39, 0.29) is 11.3 Å². The molecule has 0 bridgehead atoms. The van der Waals surface area contributed by atoms with Gasteiger partial charge in [0.1, 0.15) is 5.69 Å². The average molecular weight is 463 g/mol. The molecule has 0 aliphatic carbocycles. The first kappa shape index (κ1) is 22.2. The monoisotopic (exact) mass is 462 g/mol. The van der Waals surface area contributed by atoms with Crippen molar-refractivity contribution in [2.45, 2.75) is 11.3 Å². The van der Waals surface area contributed by atoms with E-state index < -0.39 is 21.7 Å². The number of primary amides is 1. The Morgan fingerprint density at radius 1 is 1.18 bits per heavy atom. The van der Waals surface area contributed by atoms with Crippen molar-refractivity contribution in [2.75, 3.05) is 17.9 Å². The van der Waals surface area contributed by atoms with Crippen LogP contribution in [0.25, 0.3) is 5.57 Å². The van der Waals surface area contributed by atoms with E-state index in [1.807, 2.05) is 0 Å². The summed E-state index contributed by atoms with van der Waals surface area (Å²) >= 11 is 0. The molecule has 4 N–H and O–H groups in total. The van der Waals surface area contributed by atoms with Gasteiger partial charge in [-0.2, -0.15) is 0 Å². The van der Waals surface area contributed by atoms with E-state index >= 15 is 0 Å². The van der Waals surface area contributed by atoms with Crippen LogP contribution in [0.1, 0.15) is 37.7 Å². The second-order valence-corrected chi connectivity index (χ2v) is 9.39. The van der Waals surface area contributed by atoms with Crippen LogP contribution >= 0.6 is 0 Å². The lowest BCUT2D eigenvalue weighted by molar-refractivity contribution is 0.0958. The lowest BCUT2D eigenvalue weighted by Gasteiger charge is -2.22. The molecule has 1 aliphatic heterocycles. The predicted octanol–water partition coefficient (Wildman–Crippen LogP) is 2.38. The Hall–Kier alpha value is -4.05.